The third-order valence-electron chi connectivity index (χ3n) is 5.68. The van der Waals surface area contributed by atoms with Gasteiger partial charge in [-0.3, -0.25) is 14.0 Å². The summed E-state index contributed by atoms with van der Waals surface area (Å²) >= 11 is 0. The molecule has 0 aromatic carbocycles. The lowest BCUT2D eigenvalue weighted by atomic mass is 9.95. The molecule has 1 fully saturated rings. The first-order chi connectivity index (χ1) is 13.5. The number of carbonyl (C=O) groups excluding carboxylic acids is 1. The topological polar surface area (TPSA) is 93.4 Å². The Morgan fingerprint density at radius 3 is 2.82 bits per heavy atom. The van der Waals surface area contributed by atoms with E-state index in [0.717, 1.165) is 31.2 Å². The van der Waals surface area contributed by atoms with Crippen molar-refractivity contribution in [1.82, 2.24) is 14.7 Å². The number of aryl methyl sites for hydroxylation is 2. The van der Waals surface area contributed by atoms with E-state index >= 15 is 0 Å². The standard InChI is InChI=1S/C21H25N5O2/c1-3-25-17(22)15(20(27)23-14-9-5-4-6-10-14)12-16-19(25)24-18-13(2)8-7-11-26(18)21(16)28/h7-8,11-12,14,22H,3-6,9-10H2,1-2H3,(H,23,27)/p+1. The first-order valence-electron chi connectivity index (χ1n) is 9.96. The van der Waals surface area contributed by atoms with E-state index in [4.69, 9.17) is 10.7 Å². The number of pyridine rings is 2. The summed E-state index contributed by atoms with van der Waals surface area (Å²) in [7, 11) is 0. The number of fused-ring (bicyclic) bond motifs is 2. The summed E-state index contributed by atoms with van der Waals surface area (Å²) in [6, 6.07) is 5.50. The molecule has 1 aliphatic carbocycles. The Morgan fingerprint density at radius 2 is 2.11 bits per heavy atom. The summed E-state index contributed by atoms with van der Waals surface area (Å²) in [6.07, 6.45) is 7.15. The van der Waals surface area contributed by atoms with Crippen LogP contribution in [0.3, 0.4) is 0 Å². The Morgan fingerprint density at radius 1 is 1.36 bits per heavy atom. The summed E-state index contributed by atoms with van der Waals surface area (Å²) in [6.45, 7) is 4.36. The quantitative estimate of drug-likeness (QED) is 0.538. The summed E-state index contributed by atoms with van der Waals surface area (Å²) in [5.41, 5.74) is 8.50. The first-order valence-corrected chi connectivity index (χ1v) is 9.96. The highest BCUT2D eigenvalue weighted by Crippen LogP contribution is 2.20. The molecule has 0 atom stereocenters. The van der Waals surface area contributed by atoms with E-state index in [9.17, 15) is 9.59 Å². The maximum absolute atomic E-state index is 13.1. The van der Waals surface area contributed by atoms with Gasteiger partial charge in [-0.05, 0) is 38.8 Å². The van der Waals surface area contributed by atoms with Crippen molar-refractivity contribution in [2.45, 2.75) is 58.5 Å². The smallest absolute Gasteiger partial charge is 0.278 e. The normalized spacial score (nSPS) is 15.2. The van der Waals surface area contributed by atoms with Gasteiger partial charge in [-0.25, -0.2) is 4.57 Å². The molecule has 4 rings (SSSR count). The van der Waals surface area contributed by atoms with Gasteiger partial charge in [-0.1, -0.05) is 30.3 Å². The molecular weight excluding hydrogens is 354 g/mol. The second-order valence-corrected chi connectivity index (χ2v) is 7.53. The summed E-state index contributed by atoms with van der Waals surface area (Å²) in [4.78, 5) is 30.8. The minimum Gasteiger partial charge on any atom is -0.349 e. The van der Waals surface area contributed by atoms with Crippen LogP contribution in [0.15, 0.2) is 29.2 Å². The molecule has 3 aromatic heterocycles. The molecule has 0 spiro atoms. The van der Waals surface area contributed by atoms with Gasteiger partial charge in [0.05, 0.1) is 6.54 Å². The number of hydrogen-bond donors (Lipinski definition) is 2. The molecule has 1 aliphatic rings. The molecular formula is C21H26N5O2+. The highest BCUT2D eigenvalue weighted by atomic mass is 16.2. The number of nitrogen functional groups attached to an aromatic ring is 1. The zero-order valence-corrected chi connectivity index (χ0v) is 16.4. The average molecular weight is 380 g/mol. The van der Waals surface area contributed by atoms with Gasteiger partial charge >= 0.3 is 0 Å². The van der Waals surface area contributed by atoms with Gasteiger partial charge in [0.15, 0.2) is 0 Å². The molecule has 0 bridgehead atoms. The molecule has 7 nitrogen and oxygen atoms in total. The molecule has 3 N–H and O–H groups in total. The lowest BCUT2D eigenvalue weighted by Gasteiger charge is -2.23. The molecule has 3 heterocycles. The van der Waals surface area contributed by atoms with E-state index < -0.39 is 0 Å². The Labute approximate surface area is 163 Å². The van der Waals surface area contributed by atoms with Crippen LogP contribution in [0.25, 0.3) is 16.7 Å². The Bertz CT molecular complexity index is 1130. The fourth-order valence-corrected chi connectivity index (χ4v) is 4.12. The highest BCUT2D eigenvalue weighted by molar-refractivity contribution is 6.00. The maximum atomic E-state index is 13.1. The SMILES string of the molecule is CC[n+]1c(N)c(C(=O)NC2CCCCC2)cc2c(=O)n3cccc(C)c3nc21. The van der Waals surface area contributed by atoms with Crippen molar-refractivity contribution >= 4 is 28.4 Å². The molecule has 0 saturated heterocycles. The van der Waals surface area contributed by atoms with Gasteiger partial charge in [0.2, 0.25) is 11.5 Å². The van der Waals surface area contributed by atoms with Crippen LogP contribution in [0.5, 0.6) is 0 Å². The number of rotatable bonds is 3. The van der Waals surface area contributed by atoms with Crippen molar-refractivity contribution in [3.63, 3.8) is 0 Å². The van der Waals surface area contributed by atoms with Gasteiger partial charge in [0.1, 0.15) is 10.9 Å². The number of nitrogens with one attached hydrogen (secondary N) is 1. The van der Waals surface area contributed by atoms with Crippen LogP contribution in [-0.4, -0.2) is 21.3 Å². The number of nitrogens with two attached hydrogens (primary N) is 1. The zero-order chi connectivity index (χ0) is 19.8. The average Bonchev–Trinajstić information content (AvgIpc) is 2.69. The number of nitrogens with zero attached hydrogens (tertiary/aromatic N) is 3. The summed E-state index contributed by atoms with van der Waals surface area (Å²) in [5, 5.41) is 3.49. The lowest BCUT2D eigenvalue weighted by Crippen LogP contribution is -2.43. The molecule has 1 saturated carbocycles. The van der Waals surface area contributed by atoms with Crippen LogP contribution in [-0.2, 0) is 6.54 Å². The second-order valence-electron chi connectivity index (χ2n) is 7.53. The number of amides is 1. The van der Waals surface area contributed by atoms with Crippen LogP contribution in [0, 0.1) is 6.92 Å². The number of anilines is 1. The predicted molar refractivity (Wildman–Crippen MR) is 108 cm³/mol. The lowest BCUT2D eigenvalue weighted by molar-refractivity contribution is -0.655. The van der Waals surface area contributed by atoms with Gasteiger partial charge in [0.25, 0.3) is 17.1 Å². The van der Waals surface area contributed by atoms with Crippen LogP contribution < -0.4 is 21.2 Å². The fourth-order valence-electron chi connectivity index (χ4n) is 4.12. The second kappa shape index (κ2) is 7.22. The van der Waals surface area contributed by atoms with Crippen LogP contribution in [0.2, 0.25) is 0 Å². The zero-order valence-electron chi connectivity index (χ0n) is 16.4. The molecule has 7 heteroatoms. The monoisotopic (exact) mass is 380 g/mol. The Hall–Kier alpha value is -2.96. The number of aromatic nitrogens is 3. The van der Waals surface area contributed by atoms with Crippen molar-refractivity contribution in [3.05, 3.63) is 45.9 Å². The molecule has 0 unspecified atom stereocenters. The third kappa shape index (κ3) is 3.00. The van der Waals surface area contributed by atoms with Crippen molar-refractivity contribution in [2.24, 2.45) is 0 Å². The van der Waals surface area contributed by atoms with E-state index in [0.29, 0.717) is 34.6 Å². The number of hydrogen-bond acceptors (Lipinski definition) is 4. The molecule has 1 amide bonds. The maximum Gasteiger partial charge on any atom is 0.278 e. The van der Waals surface area contributed by atoms with E-state index in [1.807, 2.05) is 26.0 Å². The van der Waals surface area contributed by atoms with Crippen molar-refractivity contribution in [3.8, 4) is 0 Å². The first kappa shape index (κ1) is 18.4. The van der Waals surface area contributed by atoms with E-state index in [-0.39, 0.29) is 17.5 Å². The van der Waals surface area contributed by atoms with E-state index in [1.165, 1.54) is 10.8 Å². The fraction of sp³-hybridized carbons (Fsp3) is 0.429. The van der Waals surface area contributed by atoms with Crippen molar-refractivity contribution in [1.29, 1.82) is 0 Å². The molecule has 0 aliphatic heterocycles. The molecule has 146 valence electrons. The predicted octanol–water partition coefficient (Wildman–Crippen LogP) is 2.11. The van der Waals surface area contributed by atoms with Gasteiger partial charge in [-0.15, -0.1) is 0 Å². The Kier molecular flexibility index (Phi) is 4.75. The Balaban J connectivity index is 1.89. The van der Waals surface area contributed by atoms with Crippen molar-refractivity contribution in [2.75, 3.05) is 5.73 Å². The molecule has 3 aromatic rings. The molecule has 28 heavy (non-hydrogen) atoms. The third-order valence-corrected chi connectivity index (χ3v) is 5.68. The summed E-state index contributed by atoms with van der Waals surface area (Å²) < 4.78 is 3.27. The van der Waals surface area contributed by atoms with E-state index in [1.54, 1.807) is 16.8 Å². The van der Waals surface area contributed by atoms with Crippen LogP contribution in [0.1, 0.15) is 54.9 Å². The molecule has 0 radical (unpaired) electrons. The van der Waals surface area contributed by atoms with Gasteiger partial charge in [-0.2, -0.15) is 0 Å². The summed E-state index contributed by atoms with van der Waals surface area (Å²) in [5.74, 6) is 0.121. The van der Waals surface area contributed by atoms with Crippen LogP contribution >= 0.6 is 0 Å². The number of carbonyl (C=O) groups is 1. The van der Waals surface area contributed by atoms with Gasteiger partial charge < -0.3 is 11.1 Å². The minimum absolute atomic E-state index is 0.171. The van der Waals surface area contributed by atoms with Crippen molar-refractivity contribution < 1.29 is 9.36 Å². The largest absolute Gasteiger partial charge is 0.349 e. The van der Waals surface area contributed by atoms with Crippen LogP contribution in [0.4, 0.5) is 5.82 Å². The van der Waals surface area contributed by atoms with Gasteiger partial charge in [0, 0.05) is 17.8 Å². The van der Waals surface area contributed by atoms with E-state index in [2.05, 4.69) is 5.32 Å². The highest BCUT2D eigenvalue weighted by Gasteiger charge is 2.25. The minimum atomic E-state index is -0.220.